The maximum atomic E-state index is 6.11. The monoisotopic (exact) mass is 277 g/mol. The number of imidazole rings is 1. The van der Waals surface area contributed by atoms with Crippen LogP contribution in [0.5, 0.6) is 0 Å². The van der Waals surface area contributed by atoms with Crippen molar-refractivity contribution >= 4 is 11.0 Å². The first kappa shape index (κ1) is 12.6. The molecule has 0 bridgehead atoms. The molecular formula is C18H19N3. The second-order valence-electron chi connectivity index (χ2n) is 5.93. The van der Waals surface area contributed by atoms with Gasteiger partial charge in [0, 0.05) is 19.5 Å². The topological polar surface area (TPSA) is 43.8 Å². The summed E-state index contributed by atoms with van der Waals surface area (Å²) in [5.74, 6) is 1.11. The van der Waals surface area contributed by atoms with E-state index >= 15 is 0 Å². The van der Waals surface area contributed by atoms with Gasteiger partial charge in [-0.3, -0.25) is 0 Å². The van der Waals surface area contributed by atoms with Crippen molar-refractivity contribution in [3.05, 3.63) is 65.0 Å². The highest BCUT2D eigenvalue weighted by Crippen LogP contribution is 2.30. The summed E-state index contributed by atoms with van der Waals surface area (Å²) in [5.41, 5.74) is 12.4. The maximum absolute atomic E-state index is 6.11. The van der Waals surface area contributed by atoms with E-state index in [4.69, 9.17) is 10.7 Å². The van der Waals surface area contributed by atoms with Crippen LogP contribution >= 0.6 is 0 Å². The Morgan fingerprint density at radius 3 is 2.95 bits per heavy atom. The summed E-state index contributed by atoms with van der Waals surface area (Å²) in [7, 11) is 2.09. The largest absolute Gasteiger partial charge is 0.331 e. The van der Waals surface area contributed by atoms with E-state index in [9.17, 15) is 0 Å². The Morgan fingerprint density at radius 2 is 2.10 bits per heavy atom. The lowest BCUT2D eigenvalue weighted by atomic mass is 10.0. The predicted octanol–water partition coefficient (Wildman–Crippen LogP) is 3.11. The zero-order valence-electron chi connectivity index (χ0n) is 12.2. The number of fused-ring (bicyclic) bond motifs is 2. The molecule has 0 fully saturated rings. The first-order valence-electron chi connectivity index (χ1n) is 7.50. The van der Waals surface area contributed by atoms with Crippen molar-refractivity contribution in [2.24, 2.45) is 12.8 Å². The van der Waals surface area contributed by atoms with Gasteiger partial charge in [-0.15, -0.1) is 0 Å². The van der Waals surface area contributed by atoms with Gasteiger partial charge in [0.1, 0.15) is 5.82 Å². The molecule has 0 saturated heterocycles. The van der Waals surface area contributed by atoms with Crippen LogP contribution in [0.1, 0.15) is 35.0 Å². The van der Waals surface area contributed by atoms with Crippen molar-refractivity contribution in [3.8, 4) is 0 Å². The Hall–Kier alpha value is -2.13. The fourth-order valence-corrected chi connectivity index (χ4v) is 3.35. The fourth-order valence-electron chi connectivity index (χ4n) is 3.35. The van der Waals surface area contributed by atoms with E-state index in [1.807, 2.05) is 6.07 Å². The first-order chi connectivity index (χ1) is 10.2. The van der Waals surface area contributed by atoms with Gasteiger partial charge in [0.05, 0.1) is 11.0 Å². The van der Waals surface area contributed by atoms with E-state index in [0.717, 1.165) is 30.6 Å². The smallest absolute Gasteiger partial charge is 0.114 e. The Bertz CT molecular complexity index is 816. The van der Waals surface area contributed by atoms with Crippen LogP contribution in [0.4, 0.5) is 0 Å². The number of aromatic nitrogens is 2. The molecule has 3 aromatic rings. The third-order valence-electron chi connectivity index (χ3n) is 4.57. The van der Waals surface area contributed by atoms with Gasteiger partial charge in [-0.05, 0) is 41.7 Å². The molecule has 4 rings (SSSR count). The average molecular weight is 277 g/mol. The zero-order valence-corrected chi connectivity index (χ0v) is 12.2. The van der Waals surface area contributed by atoms with Gasteiger partial charge in [0.15, 0.2) is 0 Å². The highest BCUT2D eigenvalue weighted by Gasteiger charge is 2.19. The molecule has 0 saturated carbocycles. The van der Waals surface area contributed by atoms with Crippen LogP contribution in [0, 0.1) is 0 Å². The molecule has 0 spiro atoms. The minimum absolute atomic E-state index is 0.227. The van der Waals surface area contributed by atoms with E-state index in [1.165, 1.54) is 22.2 Å². The van der Waals surface area contributed by atoms with Gasteiger partial charge >= 0.3 is 0 Å². The molecule has 0 amide bonds. The number of nitrogens with zero attached hydrogens (tertiary/aromatic N) is 2. The number of hydrogen-bond acceptors (Lipinski definition) is 2. The Labute approximate surface area is 124 Å². The second-order valence-corrected chi connectivity index (χ2v) is 5.93. The Morgan fingerprint density at radius 1 is 1.24 bits per heavy atom. The lowest BCUT2D eigenvalue weighted by Gasteiger charge is -2.07. The van der Waals surface area contributed by atoms with E-state index in [1.54, 1.807) is 0 Å². The van der Waals surface area contributed by atoms with E-state index < -0.39 is 0 Å². The molecule has 1 aromatic heterocycles. The van der Waals surface area contributed by atoms with Crippen molar-refractivity contribution < 1.29 is 0 Å². The molecule has 1 aliphatic rings. The third kappa shape index (κ3) is 2.05. The van der Waals surface area contributed by atoms with Crippen molar-refractivity contribution in [2.75, 3.05) is 0 Å². The number of rotatable bonds is 2. The molecule has 21 heavy (non-hydrogen) atoms. The quantitative estimate of drug-likeness (QED) is 0.782. The summed E-state index contributed by atoms with van der Waals surface area (Å²) in [6.07, 6.45) is 3.05. The summed E-state index contributed by atoms with van der Waals surface area (Å²) in [4.78, 5) is 4.75. The molecular weight excluding hydrogens is 258 g/mol. The molecule has 0 radical (unpaired) electrons. The number of aryl methyl sites for hydroxylation is 2. The van der Waals surface area contributed by atoms with Crippen LogP contribution in [0.3, 0.4) is 0 Å². The number of nitrogens with two attached hydrogens (primary N) is 1. The number of hydrogen-bond donors (Lipinski definition) is 1. The van der Waals surface area contributed by atoms with Crippen molar-refractivity contribution in [2.45, 2.75) is 25.3 Å². The van der Waals surface area contributed by atoms with Crippen LogP contribution in [-0.4, -0.2) is 9.55 Å². The fraction of sp³-hybridized carbons (Fsp3) is 0.278. The molecule has 2 N–H and O–H groups in total. The normalized spacial score (nSPS) is 17.3. The molecule has 2 aromatic carbocycles. The highest BCUT2D eigenvalue weighted by molar-refractivity contribution is 5.75. The number of para-hydroxylation sites is 2. The van der Waals surface area contributed by atoms with Crippen LogP contribution in [0.25, 0.3) is 11.0 Å². The molecule has 1 atom stereocenters. The minimum atomic E-state index is 0.227. The molecule has 0 aliphatic heterocycles. The Kier molecular flexibility index (Phi) is 2.82. The summed E-state index contributed by atoms with van der Waals surface area (Å²) >= 11 is 0. The van der Waals surface area contributed by atoms with Gasteiger partial charge < -0.3 is 10.3 Å². The highest BCUT2D eigenvalue weighted by atomic mass is 15.1. The molecule has 1 heterocycles. The van der Waals surface area contributed by atoms with Crippen LogP contribution < -0.4 is 5.73 Å². The lowest BCUT2D eigenvalue weighted by Crippen LogP contribution is -2.05. The van der Waals surface area contributed by atoms with Gasteiger partial charge in [0.2, 0.25) is 0 Å². The summed E-state index contributed by atoms with van der Waals surface area (Å²) < 4.78 is 2.19. The van der Waals surface area contributed by atoms with Crippen molar-refractivity contribution in [1.29, 1.82) is 0 Å². The van der Waals surface area contributed by atoms with Gasteiger partial charge in [-0.1, -0.05) is 30.3 Å². The summed E-state index contributed by atoms with van der Waals surface area (Å²) in [6, 6.07) is 15.2. The first-order valence-corrected chi connectivity index (χ1v) is 7.50. The standard InChI is InChI=1S/C18H19N3/c1-21-17-5-3-2-4-16(17)20-18(21)11-12-6-8-14-13(10-12)7-9-15(14)19/h2-6,8,10,15H,7,9,11,19H2,1H3. The molecule has 106 valence electrons. The van der Waals surface area contributed by atoms with E-state index in [-0.39, 0.29) is 6.04 Å². The minimum Gasteiger partial charge on any atom is -0.331 e. The second kappa shape index (κ2) is 4.71. The summed E-state index contributed by atoms with van der Waals surface area (Å²) in [5, 5.41) is 0. The summed E-state index contributed by atoms with van der Waals surface area (Å²) in [6.45, 7) is 0. The van der Waals surface area contributed by atoms with Crippen LogP contribution in [-0.2, 0) is 19.9 Å². The molecule has 1 unspecified atom stereocenters. The molecule has 3 nitrogen and oxygen atoms in total. The van der Waals surface area contributed by atoms with Crippen molar-refractivity contribution in [3.63, 3.8) is 0 Å². The van der Waals surface area contributed by atoms with E-state index in [0.29, 0.717) is 0 Å². The van der Waals surface area contributed by atoms with E-state index in [2.05, 4.69) is 48.0 Å². The zero-order chi connectivity index (χ0) is 14.4. The SMILES string of the molecule is Cn1c(Cc2ccc3c(c2)CCC3N)nc2ccccc21. The van der Waals surface area contributed by atoms with Crippen molar-refractivity contribution in [1.82, 2.24) is 9.55 Å². The van der Waals surface area contributed by atoms with Crippen LogP contribution in [0.2, 0.25) is 0 Å². The van der Waals surface area contributed by atoms with Gasteiger partial charge in [-0.2, -0.15) is 0 Å². The third-order valence-corrected chi connectivity index (χ3v) is 4.57. The lowest BCUT2D eigenvalue weighted by molar-refractivity contribution is 0.713. The Balaban J connectivity index is 1.70. The maximum Gasteiger partial charge on any atom is 0.114 e. The number of benzene rings is 2. The van der Waals surface area contributed by atoms with Crippen LogP contribution in [0.15, 0.2) is 42.5 Å². The van der Waals surface area contributed by atoms with Gasteiger partial charge in [-0.25, -0.2) is 4.98 Å². The predicted molar refractivity (Wildman–Crippen MR) is 85.2 cm³/mol. The molecule has 3 heteroatoms. The van der Waals surface area contributed by atoms with Gasteiger partial charge in [0.25, 0.3) is 0 Å². The molecule has 1 aliphatic carbocycles. The average Bonchev–Trinajstić information content (AvgIpc) is 3.01.